The Bertz CT molecular complexity index is 567. The van der Waals surface area contributed by atoms with Crippen molar-refractivity contribution in [3.63, 3.8) is 0 Å². The van der Waals surface area contributed by atoms with Crippen LogP contribution in [0.2, 0.25) is 0 Å². The molecule has 1 saturated carbocycles. The first-order chi connectivity index (χ1) is 10.9. The summed E-state index contributed by atoms with van der Waals surface area (Å²) in [5.41, 5.74) is 8.23. The van der Waals surface area contributed by atoms with E-state index in [-0.39, 0.29) is 11.4 Å². The predicted octanol–water partition coefficient (Wildman–Crippen LogP) is 3.40. The number of hydrogen-bond acceptors (Lipinski definition) is 2. The topological polar surface area (TPSA) is 46.3 Å². The fraction of sp³-hybridized carbons (Fsp3) is 0.650. The fourth-order valence-corrected chi connectivity index (χ4v) is 3.79. The number of nitrogens with zero attached hydrogens (tertiary/aromatic N) is 1. The second-order valence-corrected chi connectivity index (χ2v) is 8.03. The third-order valence-electron chi connectivity index (χ3n) is 5.55. The van der Waals surface area contributed by atoms with Gasteiger partial charge < -0.3 is 10.6 Å². The molecule has 1 aliphatic carbocycles. The van der Waals surface area contributed by atoms with Gasteiger partial charge in [0.25, 0.3) is 0 Å². The molecule has 1 aromatic rings. The highest BCUT2D eigenvalue weighted by atomic mass is 16.2. The van der Waals surface area contributed by atoms with E-state index < -0.39 is 5.41 Å². The number of nitrogens with two attached hydrogens (primary N) is 1. The Morgan fingerprint density at radius 2 is 1.74 bits per heavy atom. The van der Waals surface area contributed by atoms with E-state index in [2.05, 4.69) is 36.9 Å². The highest BCUT2D eigenvalue weighted by molar-refractivity contribution is 5.88. The second-order valence-electron chi connectivity index (χ2n) is 8.03. The molecule has 2 N–H and O–H groups in total. The van der Waals surface area contributed by atoms with E-state index in [1.165, 1.54) is 18.4 Å². The number of amides is 1. The third kappa shape index (κ3) is 3.60. The first kappa shape index (κ1) is 16.5. The minimum atomic E-state index is -0.480. The highest BCUT2D eigenvalue weighted by Gasteiger charge is 2.41. The van der Waals surface area contributed by atoms with Crippen molar-refractivity contribution >= 4 is 5.91 Å². The SMILES string of the molecule is CC(C)(C(=O)N1CCCCCC1)c1ccccc1CC1(N)CC1. The van der Waals surface area contributed by atoms with E-state index in [0.29, 0.717) is 0 Å². The fourth-order valence-electron chi connectivity index (χ4n) is 3.79. The summed E-state index contributed by atoms with van der Waals surface area (Å²) >= 11 is 0. The molecule has 3 nitrogen and oxygen atoms in total. The minimum absolute atomic E-state index is 0.0299. The molecule has 0 bridgehead atoms. The van der Waals surface area contributed by atoms with Gasteiger partial charge in [0.2, 0.25) is 5.91 Å². The zero-order chi connectivity index (χ0) is 16.5. The van der Waals surface area contributed by atoms with Crippen LogP contribution in [0, 0.1) is 0 Å². The molecule has 1 saturated heterocycles. The monoisotopic (exact) mass is 314 g/mol. The first-order valence-corrected chi connectivity index (χ1v) is 9.09. The van der Waals surface area contributed by atoms with Crippen molar-refractivity contribution in [2.24, 2.45) is 5.73 Å². The quantitative estimate of drug-likeness (QED) is 0.926. The Balaban J connectivity index is 1.84. The van der Waals surface area contributed by atoms with Crippen LogP contribution in [0.3, 0.4) is 0 Å². The standard InChI is InChI=1S/C20H30N2O/c1-19(2,18(23)22-13-7-3-4-8-14-22)17-10-6-5-9-16(17)15-20(21)11-12-20/h5-6,9-10H,3-4,7-8,11-15,21H2,1-2H3. The van der Waals surface area contributed by atoms with Crippen molar-refractivity contribution in [1.82, 2.24) is 4.90 Å². The summed E-state index contributed by atoms with van der Waals surface area (Å²) in [5.74, 6) is 0.272. The maximum atomic E-state index is 13.2. The Morgan fingerprint density at radius 3 is 2.35 bits per heavy atom. The van der Waals surface area contributed by atoms with Gasteiger partial charge in [0, 0.05) is 18.6 Å². The molecule has 3 rings (SSSR count). The summed E-state index contributed by atoms with van der Waals surface area (Å²) < 4.78 is 0. The lowest BCUT2D eigenvalue weighted by Crippen LogP contribution is -2.44. The van der Waals surface area contributed by atoms with E-state index in [0.717, 1.165) is 50.8 Å². The normalized spacial score (nSPS) is 20.9. The Hall–Kier alpha value is -1.35. The molecule has 1 aliphatic heterocycles. The molecule has 23 heavy (non-hydrogen) atoms. The average Bonchev–Trinajstić information content (AvgIpc) is 3.30. The summed E-state index contributed by atoms with van der Waals surface area (Å²) in [5, 5.41) is 0. The van der Waals surface area contributed by atoms with Crippen molar-refractivity contribution in [1.29, 1.82) is 0 Å². The van der Waals surface area contributed by atoms with E-state index in [4.69, 9.17) is 5.73 Å². The maximum Gasteiger partial charge on any atom is 0.232 e. The maximum absolute atomic E-state index is 13.2. The van der Waals surface area contributed by atoms with E-state index in [1.54, 1.807) is 0 Å². The molecule has 0 spiro atoms. The van der Waals surface area contributed by atoms with Crippen molar-refractivity contribution in [2.45, 2.75) is 69.7 Å². The lowest BCUT2D eigenvalue weighted by molar-refractivity contribution is -0.136. The summed E-state index contributed by atoms with van der Waals surface area (Å²) in [6, 6.07) is 8.39. The molecule has 2 fully saturated rings. The Morgan fingerprint density at radius 1 is 1.13 bits per heavy atom. The lowest BCUT2D eigenvalue weighted by atomic mass is 9.79. The van der Waals surface area contributed by atoms with E-state index in [9.17, 15) is 4.79 Å². The number of rotatable bonds is 4. The van der Waals surface area contributed by atoms with Crippen molar-refractivity contribution < 1.29 is 4.79 Å². The van der Waals surface area contributed by atoms with Crippen molar-refractivity contribution in [2.75, 3.05) is 13.1 Å². The smallest absolute Gasteiger partial charge is 0.232 e. The van der Waals surface area contributed by atoms with Crippen LogP contribution in [-0.4, -0.2) is 29.4 Å². The van der Waals surface area contributed by atoms with Gasteiger partial charge in [-0.15, -0.1) is 0 Å². The van der Waals surface area contributed by atoms with Gasteiger partial charge in [-0.2, -0.15) is 0 Å². The lowest BCUT2D eigenvalue weighted by Gasteiger charge is -2.33. The van der Waals surface area contributed by atoms with Gasteiger partial charge in [-0.25, -0.2) is 0 Å². The van der Waals surface area contributed by atoms with Gasteiger partial charge in [-0.05, 0) is 57.1 Å². The molecule has 0 atom stereocenters. The average molecular weight is 314 g/mol. The van der Waals surface area contributed by atoms with Crippen LogP contribution in [-0.2, 0) is 16.6 Å². The number of likely N-dealkylation sites (tertiary alicyclic amines) is 1. The molecule has 0 unspecified atom stereocenters. The largest absolute Gasteiger partial charge is 0.342 e. The number of hydrogen-bond donors (Lipinski definition) is 1. The molecular weight excluding hydrogens is 284 g/mol. The molecule has 0 radical (unpaired) electrons. The molecule has 0 aromatic heterocycles. The summed E-state index contributed by atoms with van der Waals surface area (Å²) in [6.45, 7) is 5.97. The zero-order valence-electron chi connectivity index (χ0n) is 14.6. The molecule has 126 valence electrons. The Labute approximate surface area is 140 Å². The molecule has 1 aromatic carbocycles. The van der Waals surface area contributed by atoms with E-state index in [1.807, 2.05) is 6.07 Å². The van der Waals surface area contributed by atoms with E-state index >= 15 is 0 Å². The number of carbonyl (C=O) groups is 1. The van der Waals surface area contributed by atoms with Crippen molar-refractivity contribution in [3.05, 3.63) is 35.4 Å². The van der Waals surface area contributed by atoms with Crippen LogP contribution in [0.25, 0.3) is 0 Å². The summed E-state index contributed by atoms with van der Waals surface area (Å²) in [4.78, 5) is 15.3. The predicted molar refractivity (Wildman–Crippen MR) is 94.4 cm³/mol. The van der Waals surface area contributed by atoms with Crippen LogP contribution in [0.4, 0.5) is 0 Å². The van der Waals surface area contributed by atoms with Crippen LogP contribution in [0.15, 0.2) is 24.3 Å². The van der Waals surface area contributed by atoms with Gasteiger partial charge in [0.05, 0.1) is 5.41 Å². The van der Waals surface area contributed by atoms with Crippen LogP contribution in [0.1, 0.15) is 63.5 Å². The zero-order valence-corrected chi connectivity index (χ0v) is 14.6. The van der Waals surface area contributed by atoms with Gasteiger partial charge in [0.1, 0.15) is 0 Å². The van der Waals surface area contributed by atoms with Crippen LogP contribution >= 0.6 is 0 Å². The van der Waals surface area contributed by atoms with Gasteiger partial charge in [-0.1, -0.05) is 37.1 Å². The number of benzene rings is 1. The summed E-state index contributed by atoms with van der Waals surface area (Å²) in [7, 11) is 0. The van der Waals surface area contributed by atoms with Gasteiger partial charge >= 0.3 is 0 Å². The first-order valence-electron chi connectivity index (χ1n) is 9.09. The molecule has 1 amide bonds. The number of carbonyl (C=O) groups excluding carboxylic acids is 1. The third-order valence-corrected chi connectivity index (χ3v) is 5.55. The molecule has 2 aliphatic rings. The highest BCUT2D eigenvalue weighted by Crippen LogP contribution is 2.38. The molecule has 3 heteroatoms. The molecule has 1 heterocycles. The van der Waals surface area contributed by atoms with Crippen molar-refractivity contribution in [3.8, 4) is 0 Å². The van der Waals surface area contributed by atoms with Crippen LogP contribution < -0.4 is 5.73 Å². The second kappa shape index (κ2) is 6.27. The minimum Gasteiger partial charge on any atom is -0.342 e. The summed E-state index contributed by atoms with van der Waals surface area (Å²) in [6.07, 6.45) is 7.85. The Kier molecular flexibility index (Phi) is 4.50. The van der Waals surface area contributed by atoms with Gasteiger partial charge in [0.15, 0.2) is 0 Å². The van der Waals surface area contributed by atoms with Gasteiger partial charge in [-0.3, -0.25) is 4.79 Å². The molecular formula is C20H30N2O. The van der Waals surface area contributed by atoms with Crippen LogP contribution in [0.5, 0.6) is 0 Å².